The predicted octanol–water partition coefficient (Wildman–Crippen LogP) is 3.37. The minimum atomic E-state index is -1.73. The Labute approximate surface area is 120 Å². The van der Waals surface area contributed by atoms with Gasteiger partial charge >= 0.3 is 0 Å². The molecular weight excluding hydrogens is 282 g/mol. The van der Waals surface area contributed by atoms with Gasteiger partial charge in [-0.05, 0) is 38.8 Å². The molecule has 0 aliphatic heterocycles. The fourth-order valence-corrected chi connectivity index (χ4v) is 2.98. The number of hydrogen-bond donors (Lipinski definition) is 1. The topological polar surface area (TPSA) is 66.9 Å². The van der Waals surface area contributed by atoms with Crippen LogP contribution < -0.4 is 5.73 Å². The summed E-state index contributed by atoms with van der Waals surface area (Å²) in [7, 11) is -1.73. The molecule has 0 heterocycles. The number of nitriles is 1. The SMILES string of the molecule is CC(C)(C#N)CCCCS(=O)c1c(F)cc(N)cc1F. The zero-order valence-electron chi connectivity index (χ0n) is 11.6. The molecule has 3 nitrogen and oxygen atoms in total. The van der Waals surface area contributed by atoms with Crippen LogP contribution in [0.15, 0.2) is 17.0 Å². The second-order valence-electron chi connectivity index (χ2n) is 5.32. The first-order chi connectivity index (χ1) is 9.26. The molecule has 0 aliphatic rings. The van der Waals surface area contributed by atoms with Gasteiger partial charge in [0, 0.05) is 11.4 Å². The normalized spacial score (nSPS) is 12.9. The summed E-state index contributed by atoms with van der Waals surface area (Å²) in [6, 6.07) is 4.11. The lowest BCUT2D eigenvalue weighted by atomic mass is 9.89. The van der Waals surface area contributed by atoms with Gasteiger partial charge < -0.3 is 5.73 Å². The van der Waals surface area contributed by atoms with Gasteiger partial charge in [0.1, 0.15) is 16.5 Å². The predicted molar refractivity (Wildman–Crippen MR) is 75.3 cm³/mol. The maximum Gasteiger partial charge on any atom is 0.144 e. The fourth-order valence-electron chi connectivity index (χ4n) is 1.76. The highest BCUT2D eigenvalue weighted by atomic mass is 32.2. The van der Waals surface area contributed by atoms with E-state index < -0.39 is 32.7 Å². The van der Waals surface area contributed by atoms with Crippen LogP contribution in [0, 0.1) is 28.4 Å². The van der Waals surface area contributed by atoms with Gasteiger partial charge in [-0.15, -0.1) is 0 Å². The van der Waals surface area contributed by atoms with E-state index in [9.17, 15) is 13.0 Å². The first-order valence-corrected chi connectivity index (χ1v) is 7.63. The van der Waals surface area contributed by atoms with Gasteiger partial charge in [0.15, 0.2) is 0 Å². The molecule has 0 amide bonds. The van der Waals surface area contributed by atoms with Crippen molar-refractivity contribution in [2.45, 2.75) is 38.0 Å². The molecule has 1 atom stereocenters. The molecule has 1 unspecified atom stereocenters. The summed E-state index contributed by atoms with van der Waals surface area (Å²) in [5.74, 6) is -1.59. The molecule has 20 heavy (non-hydrogen) atoms. The molecule has 0 saturated carbocycles. The van der Waals surface area contributed by atoms with Gasteiger partial charge in [0.05, 0.1) is 22.3 Å². The van der Waals surface area contributed by atoms with Crippen molar-refractivity contribution in [3.05, 3.63) is 23.8 Å². The van der Waals surface area contributed by atoms with Gasteiger partial charge in [-0.2, -0.15) is 5.26 Å². The number of nitrogen functional groups attached to an aromatic ring is 1. The summed E-state index contributed by atoms with van der Waals surface area (Å²) in [4.78, 5) is -0.418. The molecule has 0 spiro atoms. The molecule has 0 aromatic heterocycles. The Bertz CT molecular complexity index is 530. The molecule has 1 rings (SSSR count). The summed E-state index contributed by atoms with van der Waals surface area (Å²) < 4.78 is 39.0. The minimum absolute atomic E-state index is 0.0310. The molecule has 1 aromatic rings. The summed E-state index contributed by atoms with van der Waals surface area (Å²) >= 11 is 0. The Balaban J connectivity index is 2.59. The molecule has 6 heteroatoms. The highest BCUT2D eigenvalue weighted by Crippen LogP contribution is 2.24. The zero-order valence-corrected chi connectivity index (χ0v) is 12.4. The van der Waals surface area contributed by atoms with Gasteiger partial charge in [-0.1, -0.05) is 6.42 Å². The van der Waals surface area contributed by atoms with Gasteiger partial charge in [-0.25, -0.2) is 8.78 Å². The highest BCUT2D eigenvalue weighted by molar-refractivity contribution is 7.85. The van der Waals surface area contributed by atoms with E-state index in [0.717, 1.165) is 12.1 Å². The third-order valence-electron chi connectivity index (χ3n) is 2.93. The fraction of sp³-hybridized carbons (Fsp3) is 0.500. The number of rotatable bonds is 6. The van der Waals surface area contributed by atoms with Crippen LogP contribution in [0.2, 0.25) is 0 Å². The Hall–Kier alpha value is -1.48. The lowest BCUT2D eigenvalue weighted by molar-refractivity contribution is 0.432. The van der Waals surface area contributed by atoms with Crippen LogP contribution in [0.4, 0.5) is 14.5 Å². The molecule has 0 fully saturated rings. The van der Waals surface area contributed by atoms with Crippen LogP contribution in [-0.4, -0.2) is 9.96 Å². The maximum absolute atomic E-state index is 13.6. The quantitative estimate of drug-likeness (QED) is 0.647. The van der Waals surface area contributed by atoms with Gasteiger partial charge in [0.25, 0.3) is 0 Å². The largest absolute Gasteiger partial charge is 0.399 e. The van der Waals surface area contributed by atoms with Crippen molar-refractivity contribution in [3.8, 4) is 6.07 Å². The lowest BCUT2D eigenvalue weighted by Gasteiger charge is -2.14. The van der Waals surface area contributed by atoms with E-state index in [0.29, 0.717) is 19.3 Å². The first kappa shape index (κ1) is 16.6. The zero-order chi connectivity index (χ0) is 15.3. The van der Waals surface area contributed by atoms with Crippen LogP contribution in [0.5, 0.6) is 0 Å². The van der Waals surface area contributed by atoms with Crippen molar-refractivity contribution in [2.24, 2.45) is 5.41 Å². The van der Waals surface area contributed by atoms with E-state index in [1.807, 2.05) is 13.8 Å². The summed E-state index contributed by atoms with van der Waals surface area (Å²) in [6.07, 6.45) is 1.89. The maximum atomic E-state index is 13.6. The molecule has 2 N–H and O–H groups in total. The van der Waals surface area contributed by atoms with Crippen LogP contribution in [0.25, 0.3) is 0 Å². The number of halogens is 2. The van der Waals surface area contributed by atoms with E-state index in [4.69, 9.17) is 11.0 Å². The van der Waals surface area contributed by atoms with Crippen molar-refractivity contribution in [1.29, 1.82) is 5.26 Å². The van der Waals surface area contributed by atoms with Gasteiger partial charge in [-0.3, -0.25) is 4.21 Å². The Morgan fingerprint density at radius 2 is 1.85 bits per heavy atom. The third kappa shape index (κ3) is 4.57. The summed E-state index contributed by atoms with van der Waals surface area (Å²) in [6.45, 7) is 3.65. The molecule has 0 bridgehead atoms. The van der Waals surface area contributed by atoms with Crippen LogP contribution in [0.1, 0.15) is 33.1 Å². The molecular formula is C14H18F2N2OS. The molecule has 0 radical (unpaired) electrons. The van der Waals surface area contributed by atoms with Crippen LogP contribution in [0.3, 0.4) is 0 Å². The molecule has 1 aromatic carbocycles. The number of nitrogens with two attached hydrogens (primary N) is 1. The van der Waals surface area contributed by atoms with E-state index >= 15 is 0 Å². The highest BCUT2D eigenvalue weighted by Gasteiger charge is 2.18. The second-order valence-corrected chi connectivity index (χ2v) is 6.82. The van der Waals surface area contributed by atoms with Crippen molar-refractivity contribution < 1.29 is 13.0 Å². The molecule has 110 valence electrons. The number of benzene rings is 1. The Morgan fingerprint density at radius 3 is 2.35 bits per heavy atom. The van der Waals surface area contributed by atoms with Crippen molar-refractivity contribution >= 4 is 16.5 Å². The van der Waals surface area contributed by atoms with E-state index in [2.05, 4.69) is 6.07 Å². The van der Waals surface area contributed by atoms with Gasteiger partial charge in [0.2, 0.25) is 0 Å². The lowest BCUT2D eigenvalue weighted by Crippen LogP contribution is -2.09. The van der Waals surface area contributed by atoms with E-state index in [1.54, 1.807) is 0 Å². The van der Waals surface area contributed by atoms with Crippen LogP contribution >= 0.6 is 0 Å². The number of unbranched alkanes of at least 4 members (excludes halogenated alkanes) is 1. The monoisotopic (exact) mass is 300 g/mol. The summed E-state index contributed by atoms with van der Waals surface area (Å²) in [5.41, 5.74) is 4.84. The standard InChI is InChI=1S/C14H18F2N2OS/c1-14(2,9-17)5-3-4-6-20(19)13-11(15)7-10(18)8-12(13)16/h7-8H,3-6,18H2,1-2H3. The first-order valence-electron chi connectivity index (χ1n) is 6.31. The van der Waals surface area contributed by atoms with Crippen molar-refractivity contribution in [2.75, 3.05) is 11.5 Å². The average molecular weight is 300 g/mol. The average Bonchev–Trinajstić information content (AvgIpc) is 2.33. The van der Waals surface area contributed by atoms with Crippen molar-refractivity contribution in [1.82, 2.24) is 0 Å². The molecule has 0 saturated heterocycles. The smallest absolute Gasteiger partial charge is 0.144 e. The summed E-state index contributed by atoms with van der Waals surface area (Å²) in [5, 5.41) is 8.86. The Kier molecular flexibility index (Phi) is 5.63. The minimum Gasteiger partial charge on any atom is -0.399 e. The number of nitrogens with zero attached hydrogens (tertiary/aromatic N) is 1. The van der Waals surface area contributed by atoms with Crippen LogP contribution in [-0.2, 0) is 10.8 Å². The van der Waals surface area contributed by atoms with E-state index in [1.165, 1.54) is 0 Å². The van der Waals surface area contributed by atoms with E-state index in [-0.39, 0.29) is 11.4 Å². The second kappa shape index (κ2) is 6.80. The van der Waals surface area contributed by atoms with Crippen molar-refractivity contribution in [3.63, 3.8) is 0 Å². The third-order valence-corrected chi connectivity index (χ3v) is 4.44. The molecule has 0 aliphatic carbocycles. The number of anilines is 1. The Morgan fingerprint density at radius 1 is 1.30 bits per heavy atom. The number of hydrogen-bond acceptors (Lipinski definition) is 3.